The van der Waals surface area contributed by atoms with Crippen molar-refractivity contribution in [1.82, 2.24) is 5.32 Å². The molecular weight excluding hydrogens is 552 g/mol. The Kier molecular flexibility index (Phi) is 7.50. The first-order chi connectivity index (χ1) is 17.9. The highest BCUT2D eigenvalue weighted by Crippen LogP contribution is 2.30. The summed E-state index contributed by atoms with van der Waals surface area (Å²) < 4.78 is 6.41. The zero-order chi connectivity index (χ0) is 27.6. The van der Waals surface area contributed by atoms with Crippen molar-refractivity contribution >= 4 is 51.5 Å². The van der Waals surface area contributed by atoms with Crippen LogP contribution < -0.4 is 15.0 Å². The number of nitrogens with one attached hydrogen (secondary N) is 1. The Labute approximate surface area is 228 Å². The largest absolute Gasteiger partial charge is 0.488 e. The Hall–Kier alpha value is -4.24. The number of rotatable bonds is 6. The van der Waals surface area contributed by atoms with Crippen molar-refractivity contribution in [2.75, 3.05) is 4.90 Å². The van der Waals surface area contributed by atoms with Gasteiger partial charge in [-0.3, -0.25) is 14.9 Å². The summed E-state index contributed by atoms with van der Waals surface area (Å²) in [4.78, 5) is 50.2. The Morgan fingerprint density at radius 1 is 1.00 bits per heavy atom. The summed E-state index contributed by atoms with van der Waals surface area (Å²) in [5, 5.41) is 11.2. The zero-order valence-electron chi connectivity index (χ0n) is 20.9. The van der Waals surface area contributed by atoms with Crippen LogP contribution in [0, 0.1) is 0 Å². The second-order valence-corrected chi connectivity index (χ2v) is 10.6. The molecule has 0 radical (unpaired) electrons. The van der Waals surface area contributed by atoms with E-state index >= 15 is 0 Å². The minimum Gasteiger partial charge on any atom is -0.488 e. The molecule has 1 aliphatic heterocycles. The van der Waals surface area contributed by atoms with E-state index < -0.39 is 23.8 Å². The number of imide groups is 2. The van der Waals surface area contributed by atoms with E-state index in [2.05, 4.69) is 42.0 Å². The van der Waals surface area contributed by atoms with Crippen LogP contribution in [0.25, 0.3) is 6.08 Å². The van der Waals surface area contributed by atoms with Crippen LogP contribution in [-0.4, -0.2) is 28.9 Å². The lowest BCUT2D eigenvalue weighted by Gasteiger charge is -2.27. The fraction of sp³-hybridized carbons (Fsp3) is 0.172. The lowest BCUT2D eigenvalue weighted by atomic mass is 9.87. The second-order valence-electron chi connectivity index (χ2n) is 9.74. The number of carbonyl (C=O) groups is 4. The second kappa shape index (κ2) is 10.6. The van der Waals surface area contributed by atoms with Gasteiger partial charge in [0.2, 0.25) is 0 Å². The molecule has 0 unspecified atom stereocenters. The van der Waals surface area contributed by atoms with E-state index in [1.54, 1.807) is 42.5 Å². The molecule has 0 saturated carbocycles. The molecule has 4 rings (SSSR count). The number of hydrogen-bond donors (Lipinski definition) is 2. The summed E-state index contributed by atoms with van der Waals surface area (Å²) in [6.45, 7) is 6.40. The fourth-order valence-corrected chi connectivity index (χ4v) is 4.31. The van der Waals surface area contributed by atoms with Gasteiger partial charge < -0.3 is 9.84 Å². The number of urea groups is 1. The number of carbonyl (C=O) groups excluding carboxylic acids is 3. The number of hydrogen-bond acceptors (Lipinski definition) is 5. The van der Waals surface area contributed by atoms with Crippen LogP contribution >= 0.6 is 15.9 Å². The molecule has 1 aliphatic rings. The molecule has 2 N–H and O–H groups in total. The van der Waals surface area contributed by atoms with Gasteiger partial charge in [-0.2, -0.15) is 0 Å². The van der Waals surface area contributed by atoms with Gasteiger partial charge in [-0.25, -0.2) is 14.5 Å². The SMILES string of the molecule is CC(C)(C)c1ccc(N2C(=O)NC(=O)/C(=C\c3ccc(OCc4ccc(C(=O)O)cc4)c(Br)c3)C2=O)cc1. The molecule has 4 amide bonds. The third kappa shape index (κ3) is 5.84. The van der Waals surface area contributed by atoms with Crippen LogP contribution in [0.3, 0.4) is 0 Å². The molecule has 1 saturated heterocycles. The van der Waals surface area contributed by atoms with Crippen molar-refractivity contribution in [2.24, 2.45) is 0 Å². The van der Waals surface area contributed by atoms with Crippen molar-refractivity contribution in [3.05, 3.63) is 99.0 Å². The number of carboxylic acids is 1. The number of amides is 4. The number of aromatic carboxylic acids is 1. The number of ether oxygens (including phenoxy) is 1. The highest BCUT2D eigenvalue weighted by Gasteiger charge is 2.37. The van der Waals surface area contributed by atoms with Crippen LogP contribution in [0.15, 0.2) is 76.8 Å². The number of nitrogens with zero attached hydrogens (tertiary/aromatic N) is 1. The van der Waals surface area contributed by atoms with Crippen LogP contribution in [0.5, 0.6) is 5.75 Å². The molecule has 0 aliphatic carbocycles. The van der Waals surface area contributed by atoms with E-state index in [0.29, 0.717) is 21.5 Å². The van der Waals surface area contributed by atoms with Crippen LogP contribution in [0.4, 0.5) is 10.5 Å². The summed E-state index contributed by atoms with van der Waals surface area (Å²) in [6.07, 6.45) is 1.42. The van der Waals surface area contributed by atoms with E-state index in [4.69, 9.17) is 9.84 Å². The summed E-state index contributed by atoms with van der Waals surface area (Å²) in [7, 11) is 0. The van der Waals surface area contributed by atoms with E-state index in [-0.39, 0.29) is 23.2 Å². The zero-order valence-corrected chi connectivity index (χ0v) is 22.5. The average molecular weight is 577 g/mol. The van der Waals surface area contributed by atoms with Gasteiger partial charge in [0.15, 0.2) is 0 Å². The summed E-state index contributed by atoms with van der Waals surface area (Å²) in [6, 6.07) is 17.7. The summed E-state index contributed by atoms with van der Waals surface area (Å²) in [5.74, 6) is -1.97. The standard InChI is InChI=1S/C29H25BrN2O6/c1-29(2,3)20-9-11-21(12-10-20)32-26(34)22(25(33)31-28(32)37)14-18-6-13-24(23(30)15-18)38-16-17-4-7-19(8-5-17)27(35)36/h4-15H,16H2,1-3H3,(H,35,36)(H,31,33,37)/b22-14+. The minimum absolute atomic E-state index is 0.0953. The predicted octanol–water partition coefficient (Wildman–Crippen LogP) is 5.69. The van der Waals surface area contributed by atoms with E-state index in [1.165, 1.54) is 18.2 Å². The van der Waals surface area contributed by atoms with Crippen molar-refractivity contribution in [2.45, 2.75) is 32.8 Å². The molecule has 3 aromatic carbocycles. The predicted molar refractivity (Wildman–Crippen MR) is 146 cm³/mol. The topological polar surface area (TPSA) is 113 Å². The fourth-order valence-electron chi connectivity index (χ4n) is 3.80. The van der Waals surface area contributed by atoms with Gasteiger partial charge in [0.1, 0.15) is 17.9 Å². The summed E-state index contributed by atoms with van der Waals surface area (Å²) >= 11 is 3.45. The van der Waals surface area contributed by atoms with E-state index in [1.807, 2.05) is 12.1 Å². The molecule has 3 aromatic rings. The molecule has 0 spiro atoms. The lowest BCUT2D eigenvalue weighted by Crippen LogP contribution is -2.54. The summed E-state index contributed by atoms with van der Waals surface area (Å²) in [5.41, 5.74) is 2.66. The maximum atomic E-state index is 13.2. The van der Waals surface area contributed by atoms with Crippen LogP contribution in [-0.2, 0) is 21.6 Å². The third-order valence-electron chi connectivity index (χ3n) is 5.96. The number of anilines is 1. The number of barbiturate groups is 1. The quantitative estimate of drug-likeness (QED) is 0.288. The molecule has 38 heavy (non-hydrogen) atoms. The van der Waals surface area contributed by atoms with Gasteiger partial charge in [0.05, 0.1) is 15.7 Å². The van der Waals surface area contributed by atoms with Gasteiger partial charge in [-0.15, -0.1) is 0 Å². The Bertz CT molecular complexity index is 1450. The highest BCUT2D eigenvalue weighted by molar-refractivity contribution is 9.10. The monoisotopic (exact) mass is 576 g/mol. The van der Waals surface area contributed by atoms with Crippen molar-refractivity contribution in [3.63, 3.8) is 0 Å². The smallest absolute Gasteiger partial charge is 0.335 e. The lowest BCUT2D eigenvalue weighted by molar-refractivity contribution is -0.122. The molecular formula is C29H25BrN2O6. The molecule has 1 fully saturated rings. The van der Waals surface area contributed by atoms with Gasteiger partial charge in [-0.05, 0) is 80.5 Å². The van der Waals surface area contributed by atoms with E-state index in [9.17, 15) is 19.2 Å². The first kappa shape index (κ1) is 26.8. The normalized spacial score (nSPS) is 15.0. The van der Waals surface area contributed by atoms with Crippen molar-refractivity contribution in [3.8, 4) is 5.75 Å². The molecule has 1 heterocycles. The molecule has 8 nitrogen and oxygen atoms in total. The first-order valence-electron chi connectivity index (χ1n) is 11.7. The highest BCUT2D eigenvalue weighted by atomic mass is 79.9. The number of halogens is 1. The maximum absolute atomic E-state index is 13.2. The Morgan fingerprint density at radius 3 is 2.24 bits per heavy atom. The van der Waals surface area contributed by atoms with Crippen LogP contribution in [0.1, 0.15) is 47.8 Å². The molecule has 0 atom stereocenters. The maximum Gasteiger partial charge on any atom is 0.335 e. The van der Waals surface area contributed by atoms with Gasteiger partial charge >= 0.3 is 12.0 Å². The molecule has 9 heteroatoms. The van der Waals surface area contributed by atoms with Gasteiger partial charge in [-0.1, -0.05) is 51.1 Å². The number of benzene rings is 3. The van der Waals surface area contributed by atoms with E-state index in [0.717, 1.165) is 16.0 Å². The number of carboxylic acid groups (broad SMARTS) is 1. The van der Waals surface area contributed by atoms with Crippen LogP contribution in [0.2, 0.25) is 0 Å². The Balaban J connectivity index is 1.52. The molecule has 194 valence electrons. The van der Waals surface area contributed by atoms with Crippen molar-refractivity contribution in [1.29, 1.82) is 0 Å². The van der Waals surface area contributed by atoms with Gasteiger partial charge in [0, 0.05) is 0 Å². The Morgan fingerprint density at radius 2 is 1.66 bits per heavy atom. The third-order valence-corrected chi connectivity index (χ3v) is 6.58. The molecule has 0 aromatic heterocycles. The minimum atomic E-state index is -0.999. The first-order valence-corrected chi connectivity index (χ1v) is 12.5. The van der Waals surface area contributed by atoms with Gasteiger partial charge in [0.25, 0.3) is 11.8 Å². The molecule has 0 bridgehead atoms. The van der Waals surface area contributed by atoms with Crippen molar-refractivity contribution < 1.29 is 29.0 Å². The average Bonchev–Trinajstić information content (AvgIpc) is 2.86.